The summed E-state index contributed by atoms with van der Waals surface area (Å²) >= 11 is 3.36. The normalized spacial score (nSPS) is 15.2. The molecule has 2 aromatic carbocycles. The minimum absolute atomic E-state index is 0.146. The van der Waals surface area contributed by atoms with E-state index in [1.807, 2.05) is 24.3 Å². The van der Waals surface area contributed by atoms with Crippen LogP contribution in [0.5, 0.6) is 0 Å². The smallest absolute Gasteiger partial charge is 0.363 e. The number of cyclic esters (lactones) is 1. The second-order valence-electron chi connectivity index (χ2n) is 5.15. The van der Waals surface area contributed by atoms with Gasteiger partial charge in [0.05, 0.1) is 0 Å². The van der Waals surface area contributed by atoms with Gasteiger partial charge in [-0.05, 0) is 48.0 Å². The predicted octanol–water partition coefficient (Wildman–Crippen LogP) is 3.75. The molecule has 3 rings (SSSR count). The summed E-state index contributed by atoms with van der Waals surface area (Å²) in [5.74, 6) is -0.385. The highest BCUT2D eigenvalue weighted by atomic mass is 79.9. The van der Waals surface area contributed by atoms with Crippen molar-refractivity contribution in [1.29, 1.82) is 0 Å². The maximum atomic E-state index is 12.0. The van der Waals surface area contributed by atoms with Gasteiger partial charge >= 0.3 is 5.97 Å². The van der Waals surface area contributed by atoms with E-state index >= 15 is 0 Å². The van der Waals surface area contributed by atoms with Gasteiger partial charge in [-0.25, -0.2) is 9.79 Å². The third-order valence-corrected chi connectivity index (χ3v) is 3.77. The summed E-state index contributed by atoms with van der Waals surface area (Å²) < 4.78 is 6.18. The molecule has 0 saturated heterocycles. The zero-order chi connectivity index (χ0) is 17.1. The molecule has 2 aromatic rings. The fourth-order valence-electron chi connectivity index (χ4n) is 2.15. The first-order valence-corrected chi connectivity index (χ1v) is 7.97. The molecule has 0 aromatic heterocycles. The number of ether oxygens (including phenoxy) is 1. The van der Waals surface area contributed by atoms with Crippen molar-refractivity contribution in [2.75, 3.05) is 5.32 Å². The molecule has 0 fully saturated rings. The van der Waals surface area contributed by atoms with Crippen LogP contribution in [0.4, 0.5) is 5.69 Å². The van der Waals surface area contributed by atoms with Crippen LogP contribution in [0.1, 0.15) is 18.1 Å². The summed E-state index contributed by atoms with van der Waals surface area (Å²) in [7, 11) is 0. The van der Waals surface area contributed by atoms with Gasteiger partial charge < -0.3 is 10.1 Å². The number of nitrogens with one attached hydrogen (secondary N) is 1. The fraction of sp³-hybridized carbons (Fsp3) is 0.0556. The van der Waals surface area contributed by atoms with Crippen molar-refractivity contribution in [3.8, 4) is 0 Å². The molecule has 0 atom stereocenters. The van der Waals surface area contributed by atoms with Crippen LogP contribution in [0.3, 0.4) is 0 Å². The number of nitrogens with zero attached hydrogens (tertiary/aromatic N) is 1. The molecule has 5 nitrogen and oxygen atoms in total. The first-order valence-electron chi connectivity index (χ1n) is 7.17. The molecule has 6 heteroatoms. The van der Waals surface area contributed by atoms with E-state index in [4.69, 9.17) is 4.74 Å². The number of amides is 1. The highest BCUT2D eigenvalue weighted by Gasteiger charge is 2.24. The Hall–Kier alpha value is -2.73. The Morgan fingerprint density at radius 1 is 1.12 bits per heavy atom. The van der Waals surface area contributed by atoms with Crippen LogP contribution < -0.4 is 5.32 Å². The van der Waals surface area contributed by atoms with Crippen molar-refractivity contribution >= 4 is 45.5 Å². The second-order valence-corrected chi connectivity index (χ2v) is 6.06. The molecule has 1 N–H and O–H groups in total. The summed E-state index contributed by atoms with van der Waals surface area (Å²) in [5.41, 5.74) is 2.44. The molecule has 0 bridgehead atoms. The average molecular weight is 385 g/mol. The monoisotopic (exact) mass is 384 g/mol. The van der Waals surface area contributed by atoms with Gasteiger partial charge in [0.25, 0.3) is 0 Å². The van der Waals surface area contributed by atoms with E-state index in [1.165, 1.54) is 6.92 Å². The third-order valence-electron chi connectivity index (χ3n) is 3.25. The van der Waals surface area contributed by atoms with Gasteiger partial charge in [-0.3, -0.25) is 4.79 Å². The van der Waals surface area contributed by atoms with Crippen molar-refractivity contribution in [1.82, 2.24) is 0 Å². The van der Waals surface area contributed by atoms with Gasteiger partial charge in [-0.1, -0.05) is 28.1 Å². The number of esters is 1. The number of carbonyl (C=O) groups excluding carboxylic acids is 2. The first-order chi connectivity index (χ1) is 11.5. The maximum absolute atomic E-state index is 12.0. The molecule has 24 heavy (non-hydrogen) atoms. The van der Waals surface area contributed by atoms with Crippen LogP contribution in [0.15, 0.2) is 63.7 Å². The summed E-state index contributed by atoms with van der Waals surface area (Å²) in [6, 6.07) is 14.4. The molecule has 1 amide bonds. The quantitative estimate of drug-likeness (QED) is 0.647. The molecule has 0 unspecified atom stereocenters. The van der Waals surface area contributed by atoms with Crippen molar-refractivity contribution in [2.24, 2.45) is 4.99 Å². The molecule has 0 spiro atoms. The minimum atomic E-state index is -0.487. The summed E-state index contributed by atoms with van der Waals surface area (Å²) in [5, 5.41) is 2.68. The third kappa shape index (κ3) is 3.78. The number of carbonyl (C=O) groups is 2. The first kappa shape index (κ1) is 16.1. The number of hydrogen-bond donors (Lipinski definition) is 1. The second kappa shape index (κ2) is 6.80. The lowest BCUT2D eigenvalue weighted by atomic mass is 10.2. The molecular formula is C18H13BrN2O3. The molecule has 120 valence electrons. The summed E-state index contributed by atoms with van der Waals surface area (Å²) in [4.78, 5) is 27.2. The van der Waals surface area contributed by atoms with Crippen molar-refractivity contribution in [2.45, 2.75) is 6.92 Å². The Kier molecular flexibility index (Phi) is 4.57. The van der Waals surface area contributed by atoms with Crippen molar-refractivity contribution in [3.63, 3.8) is 0 Å². The molecule has 1 heterocycles. The Morgan fingerprint density at radius 3 is 2.42 bits per heavy atom. The Labute approximate surface area is 147 Å². The van der Waals surface area contributed by atoms with Crippen LogP contribution in [-0.2, 0) is 14.3 Å². The number of benzene rings is 2. The SMILES string of the molecule is CC(=O)Nc1ccc(C2=NC(=Cc3ccc(Br)cc3)C(=O)O2)cc1. The Bertz CT molecular complexity index is 853. The van der Waals surface area contributed by atoms with E-state index in [2.05, 4.69) is 26.2 Å². The Morgan fingerprint density at radius 2 is 1.79 bits per heavy atom. The van der Waals surface area contributed by atoms with Gasteiger partial charge in [0.2, 0.25) is 11.8 Å². The standard InChI is InChI=1S/C18H13BrN2O3/c1-11(22)20-15-8-4-13(5-9-15)17-21-16(18(23)24-17)10-12-2-6-14(19)7-3-12/h2-10H,1H3,(H,20,22). The van der Waals surface area contributed by atoms with Gasteiger partial charge in [0, 0.05) is 22.6 Å². The topological polar surface area (TPSA) is 67.8 Å². The molecule has 1 aliphatic heterocycles. The van der Waals surface area contributed by atoms with Crippen LogP contribution in [0.2, 0.25) is 0 Å². The van der Waals surface area contributed by atoms with E-state index in [0.717, 1.165) is 10.0 Å². The lowest BCUT2D eigenvalue weighted by molar-refractivity contribution is -0.129. The molecule has 0 aliphatic carbocycles. The molecule has 0 saturated carbocycles. The number of hydrogen-bond acceptors (Lipinski definition) is 4. The number of rotatable bonds is 3. The lowest BCUT2D eigenvalue weighted by Gasteiger charge is -2.03. The Balaban J connectivity index is 1.83. The van der Waals surface area contributed by atoms with Gasteiger partial charge in [-0.15, -0.1) is 0 Å². The van der Waals surface area contributed by atoms with Gasteiger partial charge in [-0.2, -0.15) is 0 Å². The van der Waals surface area contributed by atoms with Crippen molar-refractivity contribution in [3.05, 3.63) is 69.8 Å². The van der Waals surface area contributed by atoms with Gasteiger partial charge in [0.15, 0.2) is 5.70 Å². The van der Waals surface area contributed by atoms with E-state index < -0.39 is 5.97 Å². The number of halogens is 1. The summed E-state index contributed by atoms with van der Waals surface area (Å²) in [6.07, 6.45) is 1.67. The largest absolute Gasteiger partial charge is 0.402 e. The molecular weight excluding hydrogens is 372 g/mol. The zero-order valence-corrected chi connectivity index (χ0v) is 14.3. The highest BCUT2D eigenvalue weighted by Crippen LogP contribution is 2.21. The van der Waals surface area contributed by atoms with Crippen LogP contribution in [0, 0.1) is 0 Å². The average Bonchev–Trinajstić information content (AvgIpc) is 2.91. The van der Waals surface area contributed by atoms with Crippen LogP contribution in [0.25, 0.3) is 6.08 Å². The predicted molar refractivity (Wildman–Crippen MR) is 95.5 cm³/mol. The minimum Gasteiger partial charge on any atom is -0.402 e. The fourth-order valence-corrected chi connectivity index (χ4v) is 2.41. The molecule has 0 radical (unpaired) electrons. The van der Waals surface area contributed by atoms with Crippen LogP contribution >= 0.6 is 15.9 Å². The molecule has 1 aliphatic rings. The number of anilines is 1. The van der Waals surface area contributed by atoms with E-state index in [0.29, 0.717) is 11.3 Å². The van der Waals surface area contributed by atoms with Crippen LogP contribution in [-0.4, -0.2) is 17.8 Å². The maximum Gasteiger partial charge on any atom is 0.363 e. The zero-order valence-electron chi connectivity index (χ0n) is 12.7. The van der Waals surface area contributed by atoms with E-state index in [1.54, 1.807) is 30.3 Å². The summed E-state index contributed by atoms with van der Waals surface area (Å²) in [6.45, 7) is 1.44. The van der Waals surface area contributed by atoms with E-state index in [9.17, 15) is 9.59 Å². The van der Waals surface area contributed by atoms with E-state index in [-0.39, 0.29) is 17.5 Å². The highest BCUT2D eigenvalue weighted by molar-refractivity contribution is 9.10. The lowest BCUT2D eigenvalue weighted by Crippen LogP contribution is -2.07. The van der Waals surface area contributed by atoms with Gasteiger partial charge in [0.1, 0.15) is 0 Å². The number of aliphatic imine (C=N–C) groups is 1. The van der Waals surface area contributed by atoms with Crippen molar-refractivity contribution < 1.29 is 14.3 Å².